The van der Waals surface area contributed by atoms with Gasteiger partial charge in [-0.15, -0.1) is 0 Å². The molecule has 5 unspecified atom stereocenters. The summed E-state index contributed by atoms with van der Waals surface area (Å²) in [6.07, 6.45) is 79.3. The van der Waals surface area contributed by atoms with Crippen LogP contribution in [0.15, 0.2) is 122 Å². The Morgan fingerprint density at radius 2 is 0.560 bits per heavy atom. The molecule has 0 aromatic heterocycles. The third-order valence-corrected chi connectivity index (χ3v) is 17.8. The number of aliphatic hydroxyl groups excluding tert-OH is 1. The van der Waals surface area contributed by atoms with Crippen molar-refractivity contribution in [2.75, 3.05) is 39.6 Å². The number of aliphatic hydroxyl groups is 1. The number of hydrogen-bond acceptors (Lipinski definition) is 15. The lowest BCUT2D eigenvalue weighted by Crippen LogP contribution is -2.30. The third-order valence-electron chi connectivity index (χ3n) is 15.9. The molecule has 0 radical (unpaired) electrons. The first-order valence-electron chi connectivity index (χ1n) is 38.8. The Kier molecular flexibility index (Phi) is 69.5. The molecule has 574 valence electrons. The van der Waals surface area contributed by atoms with Crippen molar-refractivity contribution in [1.29, 1.82) is 0 Å². The van der Waals surface area contributed by atoms with Crippen molar-refractivity contribution in [3.63, 3.8) is 0 Å². The predicted molar refractivity (Wildman–Crippen MR) is 408 cm³/mol. The highest BCUT2D eigenvalue weighted by atomic mass is 31.2. The van der Waals surface area contributed by atoms with E-state index in [4.69, 9.17) is 37.0 Å². The van der Waals surface area contributed by atoms with Crippen molar-refractivity contribution in [1.82, 2.24) is 0 Å². The molecule has 0 bridgehead atoms. The highest BCUT2D eigenvalue weighted by Crippen LogP contribution is 2.45. The second kappa shape index (κ2) is 72.8. The van der Waals surface area contributed by atoms with Crippen LogP contribution in [0.3, 0.4) is 0 Å². The summed E-state index contributed by atoms with van der Waals surface area (Å²) in [6.45, 7) is 4.56. The molecule has 0 aliphatic rings. The van der Waals surface area contributed by atoms with Gasteiger partial charge in [-0.1, -0.05) is 284 Å². The minimum Gasteiger partial charge on any atom is -0.462 e. The summed E-state index contributed by atoms with van der Waals surface area (Å²) >= 11 is 0. The normalized spacial score (nSPS) is 14.6. The fourth-order valence-electron chi connectivity index (χ4n) is 10.0. The van der Waals surface area contributed by atoms with Gasteiger partial charge in [0, 0.05) is 19.3 Å². The molecule has 0 heterocycles. The molecular formula is C81H138O17P2. The Balaban J connectivity index is 5.39. The molecule has 0 fully saturated rings. The van der Waals surface area contributed by atoms with Gasteiger partial charge in [0.15, 0.2) is 12.2 Å². The summed E-state index contributed by atoms with van der Waals surface area (Å²) in [7, 11) is -9.98. The predicted octanol–water partition coefficient (Wildman–Crippen LogP) is 22.3. The Morgan fingerprint density at radius 1 is 0.300 bits per heavy atom. The lowest BCUT2D eigenvalue weighted by atomic mass is 10.1. The fourth-order valence-corrected chi connectivity index (χ4v) is 11.6. The zero-order valence-electron chi connectivity index (χ0n) is 62.6. The van der Waals surface area contributed by atoms with Gasteiger partial charge in [-0.25, -0.2) is 9.13 Å². The van der Waals surface area contributed by atoms with E-state index in [0.29, 0.717) is 25.7 Å². The summed E-state index contributed by atoms with van der Waals surface area (Å²) in [5, 5.41) is 10.6. The maximum Gasteiger partial charge on any atom is 0.472 e. The maximum atomic E-state index is 13.1. The fraction of sp³-hybridized carbons (Fsp3) is 0.704. The highest BCUT2D eigenvalue weighted by molar-refractivity contribution is 7.47. The Bertz CT molecular complexity index is 2370. The Hall–Kier alpha value is -4.54. The second-order valence-electron chi connectivity index (χ2n) is 25.6. The van der Waals surface area contributed by atoms with Crippen LogP contribution in [0.25, 0.3) is 0 Å². The van der Waals surface area contributed by atoms with E-state index in [-0.39, 0.29) is 25.7 Å². The molecule has 0 aliphatic heterocycles. The molecule has 0 spiro atoms. The summed E-state index contributed by atoms with van der Waals surface area (Å²) in [5.74, 6) is -2.35. The number of carbonyl (C=O) groups is 4. The number of esters is 4. The van der Waals surface area contributed by atoms with Gasteiger partial charge in [-0.05, 0) is 122 Å². The lowest BCUT2D eigenvalue weighted by molar-refractivity contribution is -0.161. The van der Waals surface area contributed by atoms with Crippen LogP contribution in [0.1, 0.15) is 310 Å². The minimum atomic E-state index is -5.00. The lowest BCUT2D eigenvalue weighted by Gasteiger charge is -2.21. The number of phosphoric ester groups is 2. The topological polar surface area (TPSA) is 237 Å². The van der Waals surface area contributed by atoms with Crippen LogP contribution in [-0.4, -0.2) is 96.7 Å². The number of allylic oxidation sites excluding steroid dienone is 19. The molecule has 0 amide bonds. The van der Waals surface area contributed by atoms with Crippen LogP contribution >= 0.6 is 15.6 Å². The van der Waals surface area contributed by atoms with Crippen LogP contribution in [0, 0.1) is 0 Å². The number of phosphoric acid groups is 2. The molecule has 0 aromatic rings. The van der Waals surface area contributed by atoms with Gasteiger partial charge in [0.1, 0.15) is 19.3 Å². The van der Waals surface area contributed by atoms with Crippen molar-refractivity contribution in [2.45, 2.75) is 329 Å². The van der Waals surface area contributed by atoms with E-state index in [9.17, 15) is 43.2 Å². The van der Waals surface area contributed by atoms with Crippen molar-refractivity contribution >= 4 is 39.5 Å². The molecule has 0 saturated carbocycles. The standard InChI is InChI=1S/C81H138O17P2/c1-5-9-13-17-21-25-29-32-35-36-37-38-41-43-47-50-54-58-62-66-79(84)91-71-76(97-80(85)67-63-59-55-51-45-28-24-20-16-12-8-4)73-95-99(87,88)93-69-75(82)70-94-100(89,90)96-74-77(98-81(86)68-64-60-56-52-48-44-40-34-31-27-23-19-15-11-7-3)72-92-78(83)65-61-57-53-49-46-42-39-33-30-26-22-18-14-10-6-2/h10,14,21-23,25-27,32-35,37-40,46,49,57,61,75-77,82H,5-9,11-13,15-20,24,28-31,36,41-45,47-48,50-56,58-60,62-74H2,1-4H3,(H,87,88)(H,89,90)/b14-10-,25-21-,26-22-,27-23-,35-32-,38-37-,39-33-,40-34-,49-46-,61-57-. The SMILES string of the molecule is CC/C=C\C/C=C\C/C=C\C/C=C\C/C=C\CC(=O)OCC(COP(=O)(O)OCC(O)COP(=O)(O)OCC(COC(=O)CCCCCCCC/C=C\C/C=C\C/C=C\CCCCC)OC(=O)CCCCCCCCCCCCC)OC(=O)CCCCCCC/C=C\C/C=C\CCCCC. The second-order valence-corrected chi connectivity index (χ2v) is 28.5. The minimum absolute atomic E-state index is 0.0577. The smallest absolute Gasteiger partial charge is 0.462 e. The summed E-state index contributed by atoms with van der Waals surface area (Å²) in [4.78, 5) is 72.8. The maximum absolute atomic E-state index is 13.1. The number of hydrogen-bond donors (Lipinski definition) is 3. The van der Waals surface area contributed by atoms with Gasteiger partial charge >= 0.3 is 39.5 Å². The van der Waals surface area contributed by atoms with Crippen LogP contribution in [0.4, 0.5) is 0 Å². The van der Waals surface area contributed by atoms with Gasteiger partial charge < -0.3 is 33.8 Å². The zero-order chi connectivity index (χ0) is 73.2. The van der Waals surface area contributed by atoms with E-state index in [1.54, 1.807) is 6.08 Å². The third kappa shape index (κ3) is 71.8. The van der Waals surface area contributed by atoms with Crippen LogP contribution < -0.4 is 0 Å². The van der Waals surface area contributed by atoms with Crippen LogP contribution in [0.2, 0.25) is 0 Å². The van der Waals surface area contributed by atoms with E-state index in [0.717, 1.165) is 154 Å². The van der Waals surface area contributed by atoms with E-state index >= 15 is 0 Å². The van der Waals surface area contributed by atoms with E-state index < -0.39 is 97.5 Å². The molecule has 3 N–H and O–H groups in total. The Morgan fingerprint density at radius 3 is 0.910 bits per heavy atom. The summed E-state index contributed by atoms with van der Waals surface area (Å²) in [6, 6.07) is 0. The van der Waals surface area contributed by atoms with Gasteiger partial charge in [-0.3, -0.25) is 37.3 Å². The van der Waals surface area contributed by atoms with E-state index in [2.05, 4.69) is 125 Å². The van der Waals surface area contributed by atoms with Gasteiger partial charge in [0.25, 0.3) is 0 Å². The number of ether oxygens (including phenoxy) is 4. The summed E-state index contributed by atoms with van der Waals surface area (Å²) < 4.78 is 68.3. The van der Waals surface area contributed by atoms with Crippen molar-refractivity contribution in [3.8, 4) is 0 Å². The summed E-state index contributed by atoms with van der Waals surface area (Å²) in [5.41, 5.74) is 0. The average Bonchev–Trinajstić information content (AvgIpc) is 0.966. The molecule has 100 heavy (non-hydrogen) atoms. The van der Waals surface area contributed by atoms with E-state index in [1.165, 1.54) is 77.0 Å². The quantitative estimate of drug-likeness (QED) is 0.0169. The monoisotopic (exact) mass is 1440 g/mol. The largest absolute Gasteiger partial charge is 0.472 e. The van der Waals surface area contributed by atoms with Crippen molar-refractivity contribution < 1.29 is 80.2 Å². The highest BCUT2D eigenvalue weighted by Gasteiger charge is 2.30. The molecule has 0 saturated heterocycles. The van der Waals surface area contributed by atoms with Gasteiger partial charge in [0.05, 0.1) is 32.8 Å². The van der Waals surface area contributed by atoms with Crippen molar-refractivity contribution in [3.05, 3.63) is 122 Å². The number of unbranched alkanes of at least 4 members (excludes halogenated alkanes) is 27. The van der Waals surface area contributed by atoms with Crippen LogP contribution in [-0.2, 0) is 65.4 Å². The zero-order valence-corrected chi connectivity index (χ0v) is 64.4. The Labute approximate surface area is 606 Å². The molecular weight excluding hydrogens is 1310 g/mol. The molecule has 0 rings (SSSR count). The molecule has 5 atom stereocenters. The molecule has 17 nitrogen and oxygen atoms in total. The first-order valence-corrected chi connectivity index (χ1v) is 41.8. The van der Waals surface area contributed by atoms with Crippen molar-refractivity contribution in [2.24, 2.45) is 0 Å². The molecule has 0 aromatic carbocycles. The van der Waals surface area contributed by atoms with Gasteiger partial charge in [0.2, 0.25) is 0 Å². The van der Waals surface area contributed by atoms with E-state index in [1.807, 2.05) is 18.2 Å². The first kappa shape index (κ1) is 95.5. The molecule has 19 heteroatoms. The first-order chi connectivity index (χ1) is 48.7. The average molecular weight is 1450 g/mol. The van der Waals surface area contributed by atoms with Gasteiger partial charge in [-0.2, -0.15) is 0 Å². The number of rotatable bonds is 72. The molecule has 0 aliphatic carbocycles. The van der Waals surface area contributed by atoms with Crippen LogP contribution in [0.5, 0.6) is 0 Å². The number of carbonyl (C=O) groups excluding carboxylic acids is 4.